The summed E-state index contributed by atoms with van der Waals surface area (Å²) in [5, 5.41) is 10.1. The average Bonchev–Trinajstić information content (AvgIpc) is 3.16. The maximum Gasteiger partial charge on any atom is 0.325 e. The molecule has 1 fully saturated rings. The van der Waals surface area contributed by atoms with E-state index in [9.17, 15) is 9.90 Å². The summed E-state index contributed by atoms with van der Waals surface area (Å²) in [6.07, 6.45) is 2.32. The Morgan fingerprint density at radius 3 is 3.09 bits per heavy atom. The fraction of sp³-hybridized carbons (Fsp3) is 0.375. The lowest BCUT2D eigenvalue weighted by Gasteiger charge is -2.19. The monoisotopic (exact) mass is 333 g/mol. The maximum absolute atomic E-state index is 11.2. The van der Waals surface area contributed by atoms with Crippen molar-refractivity contribution in [3.05, 3.63) is 35.3 Å². The van der Waals surface area contributed by atoms with Gasteiger partial charge in [0.05, 0.1) is 7.11 Å². The molecule has 0 amide bonds. The minimum Gasteiger partial charge on any atom is -0.497 e. The van der Waals surface area contributed by atoms with E-state index in [-0.39, 0.29) is 0 Å². The molecule has 1 aromatic carbocycles. The number of rotatable bonds is 5. The summed E-state index contributed by atoms with van der Waals surface area (Å²) in [4.78, 5) is 18.8. The number of carboxylic acid groups (broad SMARTS) is 1. The van der Waals surface area contributed by atoms with Gasteiger partial charge in [-0.25, -0.2) is 4.98 Å². The van der Waals surface area contributed by atoms with Gasteiger partial charge in [-0.05, 0) is 18.6 Å². The predicted molar refractivity (Wildman–Crippen MR) is 88.6 cm³/mol. The fourth-order valence-electron chi connectivity index (χ4n) is 2.71. The molecule has 1 unspecified atom stereocenters. The van der Waals surface area contributed by atoms with Gasteiger partial charge in [-0.3, -0.25) is 9.69 Å². The molecule has 0 radical (unpaired) electrons. The Bertz CT molecular complexity index is 718. The van der Waals surface area contributed by atoms with Crippen molar-refractivity contribution in [2.45, 2.75) is 18.5 Å². The highest BCUT2D eigenvalue weighted by molar-refractivity contribution is 7.15. The van der Waals surface area contributed by atoms with Gasteiger partial charge < -0.3 is 15.6 Å². The van der Waals surface area contributed by atoms with E-state index in [1.165, 1.54) is 0 Å². The summed E-state index contributed by atoms with van der Waals surface area (Å²) in [7, 11) is 1.64. The predicted octanol–water partition coefficient (Wildman–Crippen LogP) is 1.81. The van der Waals surface area contributed by atoms with Gasteiger partial charge in [0.1, 0.15) is 16.3 Å². The summed E-state index contributed by atoms with van der Waals surface area (Å²) in [6, 6.07) is 7.78. The van der Waals surface area contributed by atoms with Crippen LogP contribution in [0.25, 0.3) is 10.6 Å². The van der Waals surface area contributed by atoms with Crippen molar-refractivity contribution in [2.75, 3.05) is 20.2 Å². The summed E-state index contributed by atoms with van der Waals surface area (Å²) in [5.74, 6) is -0.130. The van der Waals surface area contributed by atoms with Crippen molar-refractivity contribution in [1.29, 1.82) is 0 Å². The number of carbonyl (C=O) groups is 1. The number of benzene rings is 1. The standard InChI is InChI=1S/C16H19N3O3S/c1-22-12-4-2-3-11(7-12)14-18-8-13(23-14)9-19-6-5-16(17,10-19)15(20)21/h2-4,7-8H,5-6,9-10,17H2,1H3,(H,20,21). The molecule has 1 saturated heterocycles. The maximum atomic E-state index is 11.2. The van der Waals surface area contributed by atoms with Crippen LogP contribution in [0.1, 0.15) is 11.3 Å². The minimum absolute atomic E-state index is 0.370. The number of nitrogens with zero attached hydrogens (tertiary/aromatic N) is 2. The summed E-state index contributed by atoms with van der Waals surface area (Å²) < 4.78 is 5.24. The van der Waals surface area contributed by atoms with Crippen LogP contribution in [0.3, 0.4) is 0 Å². The van der Waals surface area contributed by atoms with E-state index in [0.29, 0.717) is 26.1 Å². The average molecular weight is 333 g/mol. The Morgan fingerprint density at radius 1 is 1.57 bits per heavy atom. The first-order valence-corrected chi connectivity index (χ1v) is 8.15. The highest BCUT2D eigenvalue weighted by Gasteiger charge is 2.41. The number of hydrogen-bond acceptors (Lipinski definition) is 6. The summed E-state index contributed by atoms with van der Waals surface area (Å²) in [5.41, 5.74) is 5.80. The van der Waals surface area contributed by atoms with Crippen LogP contribution in [-0.2, 0) is 11.3 Å². The molecule has 1 aliphatic rings. The molecule has 6 nitrogen and oxygen atoms in total. The highest BCUT2D eigenvalue weighted by atomic mass is 32.1. The van der Waals surface area contributed by atoms with E-state index >= 15 is 0 Å². The van der Waals surface area contributed by atoms with Crippen LogP contribution in [0.2, 0.25) is 0 Å². The molecular weight excluding hydrogens is 314 g/mol. The first-order chi connectivity index (χ1) is 11.0. The van der Waals surface area contributed by atoms with Gasteiger partial charge in [0.15, 0.2) is 0 Å². The number of hydrogen-bond donors (Lipinski definition) is 2. The second-order valence-electron chi connectivity index (χ2n) is 5.79. The normalized spacial score (nSPS) is 21.5. The van der Waals surface area contributed by atoms with Crippen LogP contribution in [0, 0.1) is 0 Å². The number of aromatic nitrogens is 1. The van der Waals surface area contributed by atoms with E-state index < -0.39 is 11.5 Å². The molecule has 0 saturated carbocycles. The third-order valence-electron chi connectivity index (χ3n) is 4.06. The molecule has 1 aromatic heterocycles. The molecule has 0 bridgehead atoms. The second-order valence-corrected chi connectivity index (χ2v) is 6.90. The Morgan fingerprint density at radius 2 is 2.39 bits per heavy atom. The molecule has 2 aromatic rings. The van der Waals surface area contributed by atoms with Gasteiger partial charge in [-0.15, -0.1) is 11.3 Å². The molecule has 2 heterocycles. The zero-order valence-electron chi connectivity index (χ0n) is 12.9. The van der Waals surface area contributed by atoms with Crippen molar-refractivity contribution >= 4 is 17.3 Å². The lowest BCUT2D eigenvalue weighted by atomic mass is 10.0. The first-order valence-electron chi connectivity index (χ1n) is 7.34. The van der Waals surface area contributed by atoms with Crippen molar-refractivity contribution in [1.82, 2.24) is 9.88 Å². The largest absolute Gasteiger partial charge is 0.497 e. The van der Waals surface area contributed by atoms with Crippen molar-refractivity contribution < 1.29 is 14.6 Å². The topological polar surface area (TPSA) is 88.7 Å². The molecule has 122 valence electrons. The van der Waals surface area contributed by atoms with Crippen molar-refractivity contribution in [3.8, 4) is 16.3 Å². The molecule has 3 rings (SSSR count). The van der Waals surface area contributed by atoms with Crippen molar-refractivity contribution in [2.24, 2.45) is 5.73 Å². The van der Waals surface area contributed by atoms with Gasteiger partial charge in [0.2, 0.25) is 0 Å². The number of ether oxygens (including phenoxy) is 1. The van der Waals surface area contributed by atoms with Crippen LogP contribution >= 0.6 is 11.3 Å². The van der Waals surface area contributed by atoms with Crippen LogP contribution in [0.4, 0.5) is 0 Å². The number of nitrogens with two attached hydrogens (primary N) is 1. The number of methoxy groups -OCH3 is 1. The van der Waals surface area contributed by atoms with Crippen LogP contribution in [-0.4, -0.2) is 46.7 Å². The minimum atomic E-state index is -1.12. The Balaban J connectivity index is 1.69. The van der Waals surface area contributed by atoms with E-state index in [0.717, 1.165) is 21.2 Å². The fourth-order valence-corrected chi connectivity index (χ4v) is 3.67. The summed E-state index contributed by atoms with van der Waals surface area (Å²) >= 11 is 1.60. The molecular formula is C16H19N3O3S. The lowest BCUT2D eigenvalue weighted by Crippen LogP contribution is -2.49. The number of thiazole rings is 1. The van der Waals surface area contributed by atoms with Gasteiger partial charge in [0.25, 0.3) is 0 Å². The lowest BCUT2D eigenvalue weighted by molar-refractivity contribution is -0.142. The van der Waals surface area contributed by atoms with E-state index in [4.69, 9.17) is 10.5 Å². The van der Waals surface area contributed by atoms with Crippen LogP contribution in [0.5, 0.6) is 5.75 Å². The van der Waals surface area contributed by atoms with Crippen molar-refractivity contribution in [3.63, 3.8) is 0 Å². The number of likely N-dealkylation sites (tertiary alicyclic amines) is 1. The molecule has 1 atom stereocenters. The number of carboxylic acids is 1. The zero-order chi connectivity index (χ0) is 16.4. The Kier molecular flexibility index (Phi) is 4.34. The van der Waals surface area contributed by atoms with Crippen LogP contribution in [0.15, 0.2) is 30.5 Å². The SMILES string of the molecule is COc1cccc(-c2ncc(CN3CCC(N)(C(=O)O)C3)s2)c1. The quantitative estimate of drug-likeness (QED) is 0.867. The summed E-state index contributed by atoms with van der Waals surface area (Å²) in [6.45, 7) is 1.73. The van der Waals surface area contributed by atoms with E-state index in [1.54, 1.807) is 18.4 Å². The molecule has 1 aliphatic heterocycles. The Labute approximate surface area is 138 Å². The zero-order valence-corrected chi connectivity index (χ0v) is 13.7. The van der Waals surface area contributed by atoms with Gasteiger partial charge in [-0.1, -0.05) is 12.1 Å². The third-order valence-corrected chi connectivity index (χ3v) is 5.09. The van der Waals surface area contributed by atoms with Crippen LogP contribution < -0.4 is 10.5 Å². The Hall–Kier alpha value is -1.96. The second kappa shape index (κ2) is 6.27. The van der Waals surface area contributed by atoms with Gasteiger partial charge in [0, 0.05) is 36.3 Å². The molecule has 7 heteroatoms. The number of aliphatic carboxylic acids is 1. The molecule has 3 N–H and O–H groups in total. The smallest absolute Gasteiger partial charge is 0.325 e. The highest BCUT2D eigenvalue weighted by Crippen LogP contribution is 2.29. The van der Waals surface area contributed by atoms with E-state index in [1.807, 2.05) is 30.5 Å². The first kappa shape index (κ1) is 15.9. The molecule has 23 heavy (non-hydrogen) atoms. The molecule has 0 spiro atoms. The van der Waals surface area contributed by atoms with Gasteiger partial charge in [-0.2, -0.15) is 0 Å². The molecule has 0 aliphatic carbocycles. The third kappa shape index (κ3) is 3.36. The van der Waals surface area contributed by atoms with Gasteiger partial charge >= 0.3 is 5.97 Å². The van der Waals surface area contributed by atoms with E-state index in [2.05, 4.69) is 9.88 Å².